The second-order valence-corrected chi connectivity index (χ2v) is 8.90. The number of aromatic nitrogens is 1. The fraction of sp³-hybridized carbons (Fsp3) is 0.130. The Hall–Kier alpha value is -3.30. The van der Waals surface area contributed by atoms with E-state index < -0.39 is 17.0 Å². The molecule has 0 radical (unpaired) electrons. The van der Waals surface area contributed by atoms with Crippen LogP contribution in [-0.4, -0.2) is 40.0 Å². The van der Waals surface area contributed by atoms with Crippen LogP contribution in [0.1, 0.15) is 20.9 Å². The highest BCUT2D eigenvalue weighted by Gasteiger charge is 2.34. The molecule has 0 aliphatic carbocycles. The maximum atomic E-state index is 13.8. The van der Waals surface area contributed by atoms with Gasteiger partial charge in [-0.2, -0.15) is 0 Å². The number of halogens is 1. The zero-order valence-corrected chi connectivity index (χ0v) is 18.6. The van der Waals surface area contributed by atoms with Gasteiger partial charge in [-0.3, -0.25) is 19.3 Å². The Bertz CT molecular complexity index is 1220. The Kier molecular flexibility index (Phi) is 6.48. The summed E-state index contributed by atoms with van der Waals surface area (Å²) in [4.78, 5) is 43.6. The third-order valence-electron chi connectivity index (χ3n) is 4.71. The summed E-state index contributed by atoms with van der Waals surface area (Å²) in [5.41, 5.74) is 1.78. The van der Waals surface area contributed by atoms with E-state index >= 15 is 0 Å². The number of nitrogens with zero attached hydrogens (tertiary/aromatic N) is 2. The van der Waals surface area contributed by atoms with Gasteiger partial charge in [-0.05, 0) is 30.8 Å². The summed E-state index contributed by atoms with van der Waals surface area (Å²) in [7, 11) is 0. The van der Waals surface area contributed by atoms with Crippen molar-refractivity contribution in [3.05, 3.63) is 81.5 Å². The number of aryl methyl sites for hydroxylation is 1. The van der Waals surface area contributed by atoms with Crippen molar-refractivity contribution in [3.63, 3.8) is 0 Å². The average molecular weight is 468 g/mol. The van der Waals surface area contributed by atoms with Crippen LogP contribution < -0.4 is 5.32 Å². The molecular formula is C23H18FN3O3S2. The normalized spacial score (nSPS) is 14.9. The number of hydrogen-bond donors (Lipinski definition) is 1. The SMILES string of the molecule is Cc1nc(-c2ccccc2)sc1C(=O)NCCN1C(=O)S/C(=C\c2ccccc2F)C1=O. The molecule has 1 aromatic heterocycles. The Morgan fingerprint density at radius 3 is 2.59 bits per heavy atom. The molecule has 1 saturated heterocycles. The summed E-state index contributed by atoms with van der Waals surface area (Å²) < 4.78 is 13.8. The van der Waals surface area contributed by atoms with Crippen molar-refractivity contribution >= 4 is 46.2 Å². The third-order valence-corrected chi connectivity index (χ3v) is 6.82. The minimum atomic E-state index is -0.502. The van der Waals surface area contributed by atoms with Crippen molar-refractivity contribution in [1.82, 2.24) is 15.2 Å². The maximum absolute atomic E-state index is 13.8. The third kappa shape index (κ3) is 4.63. The topological polar surface area (TPSA) is 79.4 Å². The van der Waals surface area contributed by atoms with Crippen molar-refractivity contribution in [3.8, 4) is 10.6 Å². The van der Waals surface area contributed by atoms with Crippen molar-refractivity contribution in [2.75, 3.05) is 13.1 Å². The monoisotopic (exact) mass is 467 g/mol. The number of amides is 3. The molecule has 0 atom stereocenters. The number of rotatable bonds is 6. The molecule has 2 heterocycles. The number of hydrogen-bond acceptors (Lipinski definition) is 6. The minimum Gasteiger partial charge on any atom is -0.349 e. The molecule has 1 aliphatic rings. The maximum Gasteiger partial charge on any atom is 0.293 e. The van der Waals surface area contributed by atoms with Crippen LogP contribution >= 0.6 is 23.1 Å². The first-order valence-electron chi connectivity index (χ1n) is 9.75. The Morgan fingerprint density at radius 1 is 1.12 bits per heavy atom. The summed E-state index contributed by atoms with van der Waals surface area (Å²) in [6, 6.07) is 15.6. The first-order chi connectivity index (χ1) is 15.4. The second-order valence-electron chi connectivity index (χ2n) is 6.91. The predicted molar refractivity (Wildman–Crippen MR) is 124 cm³/mol. The van der Waals surface area contributed by atoms with Crippen LogP contribution in [0.3, 0.4) is 0 Å². The van der Waals surface area contributed by atoms with Gasteiger partial charge >= 0.3 is 0 Å². The summed E-state index contributed by atoms with van der Waals surface area (Å²) in [6.07, 6.45) is 1.37. The van der Waals surface area contributed by atoms with Gasteiger partial charge in [-0.25, -0.2) is 9.37 Å². The highest BCUT2D eigenvalue weighted by molar-refractivity contribution is 8.18. The number of benzene rings is 2. The van der Waals surface area contributed by atoms with E-state index in [9.17, 15) is 18.8 Å². The number of thioether (sulfide) groups is 1. The molecule has 3 amide bonds. The molecule has 2 aromatic carbocycles. The zero-order chi connectivity index (χ0) is 22.7. The van der Waals surface area contributed by atoms with E-state index in [0.29, 0.717) is 10.6 Å². The van der Waals surface area contributed by atoms with Gasteiger partial charge in [-0.15, -0.1) is 11.3 Å². The molecule has 3 aromatic rings. The van der Waals surface area contributed by atoms with Gasteiger partial charge in [0.2, 0.25) is 0 Å². The largest absolute Gasteiger partial charge is 0.349 e. The second kappa shape index (κ2) is 9.46. The van der Waals surface area contributed by atoms with Crippen LogP contribution in [0, 0.1) is 12.7 Å². The molecular weight excluding hydrogens is 449 g/mol. The van der Waals surface area contributed by atoms with Crippen LogP contribution in [0.4, 0.5) is 9.18 Å². The van der Waals surface area contributed by atoms with E-state index in [1.807, 2.05) is 30.3 Å². The zero-order valence-electron chi connectivity index (χ0n) is 17.0. The molecule has 0 saturated carbocycles. The standard InChI is InChI=1S/C23H18FN3O3S2/c1-14-19(32-21(26-14)15-7-3-2-4-8-15)20(28)25-11-12-27-22(29)18(31-23(27)30)13-16-9-5-6-10-17(16)24/h2-10,13H,11-12H2,1H3,(H,25,28)/b18-13-. The van der Waals surface area contributed by atoms with Gasteiger partial charge < -0.3 is 5.32 Å². The molecule has 32 heavy (non-hydrogen) atoms. The Labute approximate surface area is 192 Å². The van der Waals surface area contributed by atoms with Crippen molar-refractivity contribution in [2.24, 2.45) is 0 Å². The van der Waals surface area contributed by atoms with E-state index in [2.05, 4.69) is 10.3 Å². The van der Waals surface area contributed by atoms with Gasteiger partial charge in [0.05, 0.1) is 10.6 Å². The summed E-state index contributed by atoms with van der Waals surface area (Å²) in [6.45, 7) is 1.89. The fourth-order valence-electron chi connectivity index (χ4n) is 3.10. The van der Waals surface area contributed by atoms with Crippen molar-refractivity contribution in [1.29, 1.82) is 0 Å². The van der Waals surface area contributed by atoms with Crippen molar-refractivity contribution in [2.45, 2.75) is 6.92 Å². The summed E-state index contributed by atoms with van der Waals surface area (Å²) in [5.74, 6) is -1.28. The van der Waals surface area contributed by atoms with E-state index in [0.717, 1.165) is 27.2 Å². The highest BCUT2D eigenvalue weighted by Crippen LogP contribution is 2.32. The molecule has 162 valence electrons. The Balaban J connectivity index is 1.38. The lowest BCUT2D eigenvalue weighted by molar-refractivity contribution is -0.122. The van der Waals surface area contributed by atoms with E-state index in [1.54, 1.807) is 19.1 Å². The summed E-state index contributed by atoms with van der Waals surface area (Å²) >= 11 is 2.04. The highest BCUT2D eigenvalue weighted by atomic mass is 32.2. The molecule has 6 nitrogen and oxygen atoms in total. The van der Waals surface area contributed by atoms with Crippen LogP contribution in [0.5, 0.6) is 0 Å². The number of thiazole rings is 1. The quantitative estimate of drug-likeness (QED) is 0.531. The predicted octanol–water partition coefficient (Wildman–Crippen LogP) is 4.72. The fourth-order valence-corrected chi connectivity index (χ4v) is 4.94. The van der Waals surface area contributed by atoms with Crippen LogP contribution in [0.25, 0.3) is 16.6 Å². The number of imide groups is 1. The smallest absolute Gasteiger partial charge is 0.293 e. The van der Waals surface area contributed by atoms with E-state index in [-0.39, 0.29) is 29.5 Å². The molecule has 0 bridgehead atoms. The molecule has 4 rings (SSSR count). The number of nitrogens with one attached hydrogen (secondary N) is 1. The molecule has 1 fully saturated rings. The van der Waals surface area contributed by atoms with Crippen LogP contribution in [-0.2, 0) is 4.79 Å². The van der Waals surface area contributed by atoms with E-state index in [1.165, 1.54) is 29.5 Å². The molecule has 0 unspecified atom stereocenters. The van der Waals surface area contributed by atoms with E-state index in [4.69, 9.17) is 0 Å². The lowest BCUT2D eigenvalue weighted by Gasteiger charge is -2.12. The summed E-state index contributed by atoms with van der Waals surface area (Å²) in [5, 5.41) is 3.04. The Morgan fingerprint density at radius 2 is 1.84 bits per heavy atom. The van der Waals surface area contributed by atoms with Gasteiger partial charge in [0.15, 0.2) is 0 Å². The van der Waals surface area contributed by atoms with Crippen molar-refractivity contribution < 1.29 is 18.8 Å². The van der Waals surface area contributed by atoms with Gasteiger partial charge in [-0.1, -0.05) is 48.5 Å². The van der Waals surface area contributed by atoms with Gasteiger partial charge in [0.25, 0.3) is 17.1 Å². The van der Waals surface area contributed by atoms with Gasteiger partial charge in [0.1, 0.15) is 15.7 Å². The molecule has 9 heteroatoms. The first kappa shape index (κ1) is 21.9. The van der Waals surface area contributed by atoms with Crippen LogP contribution in [0.15, 0.2) is 59.5 Å². The lowest BCUT2D eigenvalue weighted by Crippen LogP contribution is -2.37. The average Bonchev–Trinajstić information content (AvgIpc) is 3.30. The minimum absolute atomic E-state index is 0.0222. The first-order valence-corrected chi connectivity index (χ1v) is 11.4. The number of carbonyl (C=O) groups is 3. The lowest BCUT2D eigenvalue weighted by atomic mass is 10.2. The molecule has 1 aliphatic heterocycles. The van der Waals surface area contributed by atoms with Gasteiger partial charge in [0, 0.05) is 24.2 Å². The molecule has 0 spiro atoms. The molecule has 1 N–H and O–H groups in total. The number of carbonyl (C=O) groups excluding carboxylic acids is 3. The van der Waals surface area contributed by atoms with Crippen LogP contribution in [0.2, 0.25) is 0 Å².